The summed E-state index contributed by atoms with van der Waals surface area (Å²) in [6, 6.07) is 10.5. The molecule has 28 heavy (non-hydrogen) atoms. The van der Waals surface area contributed by atoms with Crippen LogP contribution >= 0.6 is 11.6 Å². The number of anilines is 1. The molecular formula is C21H24ClN3O3. The van der Waals surface area contributed by atoms with Gasteiger partial charge in [-0.25, -0.2) is 4.98 Å². The van der Waals surface area contributed by atoms with Crippen LogP contribution in [-0.2, 0) is 4.79 Å². The van der Waals surface area contributed by atoms with E-state index in [1.165, 1.54) is 6.20 Å². The predicted molar refractivity (Wildman–Crippen MR) is 109 cm³/mol. The zero-order valence-electron chi connectivity index (χ0n) is 15.9. The minimum absolute atomic E-state index is 0.0796. The van der Waals surface area contributed by atoms with Gasteiger partial charge in [0, 0.05) is 24.8 Å². The zero-order chi connectivity index (χ0) is 19.9. The molecule has 1 aromatic carbocycles. The molecule has 7 heteroatoms. The van der Waals surface area contributed by atoms with E-state index in [2.05, 4.69) is 10.3 Å². The second-order valence-corrected chi connectivity index (χ2v) is 7.25. The number of carbonyl (C=O) groups is 2. The second kappa shape index (κ2) is 9.55. The van der Waals surface area contributed by atoms with Crippen molar-refractivity contribution in [1.82, 2.24) is 9.88 Å². The highest BCUT2D eigenvalue weighted by atomic mass is 35.5. The van der Waals surface area contributed by atoms with Crippen molar-refractivity contribution in [1.29, 1.82) is 0 Å². The van der Waals surface area contributed by atoms with Gasteiger partial charge in [-0.3, -0.25) is 9.59 Å². The van der Waals surface area contributed by atoms with Crippen molar-refractivity contribution in [3.63, 3.8) is 0 Å². The Labute approximate surface area is 169 Å². The third kappa shape index (κ3) is 5.23. The lowest BCUT2D eigenvalue weighted by Gasteiger charge is -2.32. The van der Waals surface area contributed by atoms with Crippen LogP contribution in [-0.4, -0.2) is 41.4 Å². The fourth-order valence-corrected chi connectivity index (χ4v) is 3.29. The van der Waals surface area contributed by atoms with E-state index in [4.69, 9.17) is 16.3 Å². The van der Waals surface area contributed by atoms with Crippen molar-refractivity contribution in [2.24, 2.45) is 5.92 Å². The maximum atomic E-state index is 12.9. The molecule has 2 heterocycles. The Balaban J connectivity index is 1.63. The van der Waals surface area contributed by atoms with Crippen LogP contribution in [0.25, 0.3) is 0 Å². The molecule has 0 saturated carbocycles. The highest BCUT2D eigenvalue weighted by Crippen LogP contribution is 2.22. The minimum atomic E-state index is -0.269. The van der Waals surface area contributed by atoms with Gasteiger partial charge in [0.25, 0.3) is 5.91 Å². The lowest BCUT2D eigenvalue weighted by molar-refractivity contribution is -0.121. The Hall–Kier alpha value is -2.60. The van der Waals surface area contributed by atoms with Crippen LogP contribution < -0.4 is 10.1 Å². The number of hydrogen-bond donors (Lipinski definition) is 1. The fraction of sp³-hybridized carbons (Fsp3) is 0.381. The number of amides is 2. The third-order valence-electron chi connectivity index (χ3n) is 4.61. The first-order valence-corrected chi connectivity index (χ1v) is 9.89. The highest BCUT2D eigenvalue weighted by Gasteiger charge is 2.29. The van der Waals surface area contributed by atoms with Gasteiger partial charge in [-0.05, 0) is 49.6 Å². The summed E-state index contributed by atoms with van der Waals surface area (Å²) in [4.78, 5) is 31.3. The van der Waals surface area contributed by atoms with Crippen LogP contribution in [0.15, 0.2) is 42.6 Å². The summed E-state index contributed by atoms with van der Waals surface area (Å²) in [6.45, 7) is 3.68. The molecule has 6 nitrogen and oxygen atoms in total. The van der Waals surface area contributed by atoms with Gasteiger partial charge in [0.05, 0.1) is 17.5 Å². The molecule has 1 unspecified atom stereocenters. The molecular weight excluding hydrogens is 378 g/mol. The van der Waals surface area contributed by atoms with Gasteiger partial charge in [0.1, 0.15) is 11.6 Å². The normalized spacial score (nSPS) is 16.5. The summed E-state index contributed by atoms with van der Waals surface area (Å²) >= 11 is 5.82. The highest BCUT2D eigenvalue weighted by molar-refractivity contribution is 6.30. The first-order valence-electron chi connectivity index (χ1n) is 9.51. The predicted octanol–water partition coefficient (Wildman–Crippen LogP) is 4.01. The van der Waals surface area contributed by atoms with E-state index >= 15 is 0 Å². The van der Waals surface area contributed by atoms with E-state index in [1.807, 2.05) is 19.1 Å². The number of likely N-dealkylation sites (tertiary alicyclic amines) is 1. The van der Waals surface area contributed by atoms with Crippen molar-refractivity contribution in [2.45, 2.75) is 26.2 Å². The molecule has 2 aromatic rings. The number of pyridine rings is 1. The number of halogens is 1. The van der Waals surface area contributed by atoms with Gasteiger partial charge in [-0.1, -0.05) is 24.6 Å². The number of piperidine rings is 1. The molecule has 0 spiro atoms. The van der Waals surface area contributed by atoms with Crippen molar-refractivity contribution in [2.75, 3.05) is 25.0 Å². The first kappa shape index (κ1) is 20.1. The molecule has 1 saturated heterocycles. The van der Waals surface area contributed by atoms with E-state index in [0.717, 1.165) is 19.3 Å². The van der Waals surface area contributed by atoms with E-state index in [-0.39, 0.29) is 17.7 Å². The molecule has 3 rings (SSSR count). The Kier molecular flexibility index (Phi) is 6.87. The number of aromatic nitrogens is 1. The van der Waals surface area contributed by atoms with Crippen LogP contribution in [0.3, 0.4) is 0 Å². The average molecular weight is 402 g/mol. The Morgan fingerprint density at radius 3 is 2.93 bits per heavy atom. The second-order valence-electron chi connectivity index (χ2n) is 6.82. The maximum Gasteiger partial charge on any atom is 0.254 e. The van der Waals surface area contributed by atoms with Crippen molar-refractivity contribution >= 4 is 29.2 Å². The Bertz CT molecular complexity index is 826. The van der Waals surface area contributed by atoms with Gasteiger partial charge in [-0.15, -0.1) is 0 Å². The quantitative estimate of drug-likeness (QED) is 0.793. The van der Waals surface area contributed by atoms with Crippen LogP contribution in [0.2, 0.25) is 5.02 Å². The molecule has 148 valence electrons. The van der Waals surface area contributed by atoms with Gasteiger partial charge in [0.15, 0.2) is 0 Å². The summed E-state index contributed by atoms with van der Waals surface area (Å²) in [5, 5.41) is 3.32. The number of nitrogens with one attached hydrogen (secondary N) is 1. The molecule has 2 amide bonds. The van der Waals surface area contributed by atoms with Crippen LogP contribution in [0.5, 0.6) is 5.75 Å². The number of benzene rings is 1. The number of nitrogens with zero attached hydrogens (tertiary/aromatic N) is 2. The van der Waals surface area contributed by atoms with Crippen molar-refractivity contribution < 1.29 is 14.3 Å². The minimum Gasteiger partial charge on any atom is -0.494 e. The van der Waals surface area contributed by atoms with Gasteiger partial charge in [0.2, 0.25) is 5.91 Å². The molecule has 0 bridgehead atoms. The molecule has 0 radical (unpaired) electrons. The van der Waals surface area contributed by atoms with E-state index in [0.29, 0.717) is 41.8 Å². The Morgan fingerprint density at radius 1 is 1.32 bits per heavy atom. The monoisotopic (exact) mass is 401 g/mol. The smallest absolute Gasteiger partial charge is 0.254 e. The summed E-state index contributed by atoms with van der Waals surface area (Å²) in [6.07, 6.45) is 3.91. The van der Waals surface area contributed by atoms with E-state index in [9.17, 15) is 9.59 Å². The molecule has 1 aliphatic heterocycles. The number of carbonyl (C=O) groups excluding carboxylic acids is 2. The molecule has 1 aromatic heterocycles. The molecule has 1 atom stereocenters. The lowest BCUT2D eigenvalue weighted by atomic mass is 9.96. The fourth-order valence-electron chi connectivity index (χ4n) is 3.18. The van der Waals surface area contributed by atoms with Gasteiger partial charge < -0.3 is 15.0 Å². The van der Waals surface area contributed by atoms with E-state index in [1.54, 1.807) is 29.2 Å². The third-order valence-corrected chi connectivity index (χ3v) is 4.84. The van der Waals surface area contributed by atoms with Crippen LogP contribution in [0.1, 0.15) is 36.5 Å². The number of ether oxygens (including phenoxy) is 1. The molecule has 1 aliphatic rings. The molecule has 0 aliphatic carbocycles. The van der Waals surface area contributed by atoms with Crippen LogP contribution in [0, 0.1) is 5.92 Å². The molecule has 1 fully saturated rings. The number of hydrogen-bond acceptors (Lipinski definition) is 4. The SMILES string of the molecule is CCCOc1cccc(C(=O)N2CCCC(C(=O)Nc3ccc(Cl)cn3)C2)c1. The topological polar surface area (TPSA) is 71.5 Å². The van der Waals surface area contributed by atoms with Crippen molar-refractivity contribution in [3.05, 3.63) is 53.2 Å². The summed E-state index contributed by atoms with van der Waals surface area (Å²) in [5.41, 5.74) is 0.578. The first-order chi connectivity index (χ1) is 13.6. The largest absolute Gasteiger partial charge is 0.494 e. The lowest BCUT2D eigenvalue weighted by Crippen LogP contribution is -2.43. The van der Waals surface area contributed by atoms with E-state index < -0.39 is 0 Å². The van der Waals surface area contributed by atoms with Gasteiger partial charge in [-0.2, -0.15) is 0 Å². The standard InChI is InChI=1S/C21H24ClN3O3/c1-2-11-28-18-7-3-5-15(12-18)21(27)25-10-4-6-16(14-25)20(26)24-19-9-8-17(22)13-23-19/h3,5,7-9,12-13,16H,2,4,6,10-11,14H2,1H3,(H,23,24,26). The van der Waals surface area contributed by atoms with Crippen LogP contribution in [0.4, 0.5) is 5.82 Å². The Morgan fingerprint density at radius 2 is 2.18 bits per heavy atom. The molecule has 1 N–H and O–H groups in total. The maximum absolute atomic E-state index is 12.9. The van der Waals surface area contributed by atoms with Gasteiger partial charge >= 0.3 is 0 Å². The summed E-state index contributed by atoms with van der Waals surface area (Å²) < 4.78 is 5.62. The average Bonchev–Trinajstić information content (AvgIpc) is 2.73. The summed E-state index contributed by atoms with van der Waals surface area (Å²) in [5.74, 6) is 0.664. The number of rotatable bonds is 6. The van der Waals surface area contributed by atoms with Crippen molar-refractivity contribution in [3.8, 4) is 5.75 Å². The zero-order valence-corrected chi connectivity index (χ0v) is 16.6. The summed E-state index contributed by atoms with van der Waals surface area (Å²) in [7, 11) is 0.